The lowest BCUT2D eigenvalue weighted by molar-refractivity contribution is -0.146. The molecule has 4 N–H and O–H groups in total. The van der Waals surface area contributed by atoms with Gasteiger partial charge in [-0.2, -0.15) is 0 Å². The summed E-state index contributed by atoms with van der Waals surface area (Å²) in [4.78, 5) is 45.0. The highest BCUT2D eigenvalue weighted by Crippen LogP contribution is 2.50. The molecule has 0 aromatic carbocycles. The van der Waals surface area contributed by atoms with Crippen LogP contribution in [0.15, 0.2) is 12.1 Å². The number of pyridine rings is 1. The highest BCUT2D eigenvalue weighted by atomic mass is 16.4. The molecule has 5 aliphatic rings. The third-order valence-corrected chi connectivity index (χ3v) is 9.39. The van der Waals surface area contributed by atoms with E-state index < -0.39 is 17.4 Å². The minimum Gasteiger partial charge on any atom is -0.480 e. The number of fused-ring (bicyclic) bond motifs is 4. The number of amides is 2. The number of piperidine rings is 1. The van der Waals surface area contributed by atoms with Crippen molar-refractivity contribution in [2.24, 2.45) is 17.3 Å². The van der Waals surface area contributed by atoms with Gasteiger partial charge >= 0.3 is 5.97 Å². The number of aliphatic carboxylic acids is 1. The van der Waals surface area contributed by atoms with Crippen molar-refractivity contribution in [1.29, 1.82) is 0 Å². The lowest BCUT2D eigenvalue weighted by Crippen LogP contribution is -2.55. The van der Waals surface area contributed by atoms with Gasteiger partial charge in [0.05, 0.1) is 5.92 Å². The van der Waals surface area contributed by atoms with Crippen LogP contribution in [0, 0.1) is 17.3 Å². The Labute approximate surface area is 225 Å². The van der Waals surface area contributed by atoms with Crippen LogP contribution in [0.5, 0.6) is 0 Å². The maximum atomic E-state index is 13.1. The van der Waals surface area contributed by atoms with Crippen molar-refractivity contribution >= 4 is 23.6 Å². The molecule has 9 heteroatoms. The molecule has 3 heterocycles. The smallest absolute Gasteiger partial charge is 0.328 e. The molecule has 0 spiro atoms. The van der Waals surface area contributed by atoms with Gasteiger partial charge in [-0.25, -0.2) is 9.78 Å². The van der Waals surface area contributed by atoms with E-state index in [2.05, 4.69) is 33.0 Å². The van der Waals surface area contributed by atoms with E-state index in [1.165, 1.54) is 5.56 Å². The number of carbonyl (C=O) groups excluding carboxylic acids is 2. The predicted octanol–water partition coefficient (Wildman–Crippen LogP) is 2.74. The predicted molar refractivity (Wildman–Crippen MR) is 145 cm³/mol. The van der Waals surface area contributed by atoms with E-state index in [4.69, 9.17) is 4.98 Å². The quantitative estimate of drug-likeness (QED) is 0.370. The number of rotatable bonds is 10. The largest absolute Gasteiger partial charge is 0.480 e. The maximum absolute atomic E-state index is 13.1. The van der Waals surface area contributed by atoms with Gasteiger partial charge in [0.2, 0.25) is 11.8 Å². The summed E-state index contributed by atoms with van der Waals surface area (Å²) in [5.41, 5.74) is 1.99. The monoisotopic (exact) mass is 525 g/mol. The first-order chi connectivity index (χ1) is 18.4. The van der Waals surface area contributed by atoms with E-state index >= 15 is 0 Å². The zero-order chi connectivity index (χ0) is 26.5. The molecule has 2 aliphatic heterocycles. The Balaban J connectivity index is 1.06. The van der Waals surface area contributed by atoms with Crippen molar-refractivity contribution in [2.45, 2.75) is 83.1 Å². The summed E-state index contributed by atoms with van der Waals surface area (Å²) < 4.78 is 0. The normalized spacial score (nSPS) is 27.6. The number of anilines is 1. The first-order valence-electron chi connectivity index (χ1n) is 14.7. The van der Waals surface area contributed by atoms with E-state index in [0.29, 0.717) is 6.54 Å². The van der Waals surface area contributed by atoms with Gasteiger partial charge in [0, 0.05) is 30.7 Å². The van der Waals surface area contributed by atoms with Crippen LogP contribution in [0.2, 0.25) is 0 Å². The average molecular weight is 526 g/mol. The molecule has 0 radical (unpaired) electrons. The van der Waals surface area contributed by atoms with E-state index in [1.54, 1.807) is 0 Å². The molecule has 2 atom stereocenters. The standard InChI is InChI=1S/C29H43N5O4/c35-26(31-18-24(27(36)37)33-28(38)29-12-9-20(10-13-29)11-14-29)22-5-2-16-34(19-22)17-3-6-23-8-7-21-4-1-15-30-25(21)32-23/h7-8,20,22,24H,1-6,9-19H2,(H,30,32)(H,31,35)(H,33,38)(H,36,37)/t20?,22-,24?,29?/m1/s1. The summed E-state index contributed by atoms with van der Waals surface area (Å²) in [6.45, 7) is 3.47. The molecule has 2 bridgehead atoms. The minimum atomic E-state index is -1.10. The van der Waals surface area contributed by atoms with Gasteiger partial charge in [-0.05, 0) is 108 Å². The van der Waals surface area contributed by atoms with Gasteiger partial charge in [-0.15, -0.1) is 0 Å². The van der Waals surface area contributed by atoms with E-state index in [1.807, 2.05) is 0 Å². The van der Waals surface area contributed by atoms with Crippen LogP contribution in [0.1, 0.15) is 75.5 Å². The number of nitrogens with one attached hydrogen (secondary N) is 3. The van der Waals surface area contributed by atoms with Crippen LogP contribution in [-0.2, 0) is 27.2 Å². The van der Waals surface area contributed by atoms with Gasteiger partial charge < -0.3 is 26.0 Å². The second-order valence-corrected chi connectivity index (χ2v) is 12.0. The summed E-state index contributed by atoms with van der Waals surface area (Å²) in [6.07, 6.45) is 11.6. The number of hydrogen-bond acceptors (Lipinski definition) is 6. The number of aryl methyl sites for hydroxylation is 2. The van der Waals surface area contributed by atoms with E-state index in [9.17, 15) is 19.5 Å². The molecule has 38 heavy (non-hydrogen) atoms. The van der Waals surface area contributed by atoms with Crippen molar-refractivity contribution < 1.29 is 19.5 Å². The Morgan fingerprint density at radius 2 is 1.92 bits per heavy atom. The molecule has 3 saturated carbocycles. The van der Waals surface area contributed by atoms with E-state index in [0.717, 1.165) is 114 Å². The fourth-order valence-electron chi connectivity index (χ4n) is 6.91. The van der Waals surface area contributed by atoms with Crippen molar-refractivity contribution in [2.75, 3.05) is 38.0 Å². The Morgan fingerprint density at radius 3 is 2.68 bits per heavy atom. The third-order valence-electron chi connectivity index (χ3n) is 9.39. The SMILES string of the molecule is O=C(O)C(CNC(=O)[C@@H]1CCCN(CCCc2ccc3c(n2)NCCC3)C1)NC(=O)C12CCC(CC1)CC2. The van der Waals surface area contributed by atoms with Gasteiger partial charge in [-0.3, -0.25) is 9.59 Å². The van der Waals surface area contributed by atoms with Crippen molar-refractivity contribution in [3.8, 4) is 0 Å². The van der Waals surface area contributed by atoms with Crippen LogP contribution in [0.4, 0.5) is 5.82 Å². The molecule has 3 aliphatic carbocycles. The highest BCUT2D eigenvalue weighted by Gasteiger charge is 2.46. The molecule has 6 rings (SSSR count). The summed E-state index contributed by atoms with van der Waals surface area (Å²) in [6, 6.07) is 3.23. The van der Waals surface area contributed by atoms with Crippen LogP contribution in [0.3, 0.4) is 0 Å². The summed E-state index contributed by atoms with van der Waals surface area (Å²) in [7, 11) is 0. The molecule has 1 aromatic heterocycles. The fourth-order valence-corrected chi connectivity index (χ4v) is 6.91. The number of aromatic nitrogens is 1. The summed E-state index contributed by atoms with van der Waals surface area (Å²) >= 11 is 0. The molecule has 2 amide bonds. The molecular formula is C29H43N5O4. The van der Waals surface area contributed by atoms with E-state index in [-0.39, 0.29) is 24.3 Å². The zero-order valence-electron chi connectivity index (χ0n) is 22.5. The number of carbonyl (C=O) groups is 3. The molecular weight excluding hydrogens is 482 g/mol. The Kier molecular flexibility index (Phi) is 8.51. The molecule has 1 aromatic rings. The number of nitrogens with zero attached hydrogens (tertiary/aromatic N) is 2. The highest BCUT2D eigenvalue weighted by molar-refractivity contribution is 5.88. The zero-order valence-corrected chi connectivity index (χ0v) is 22.5. The fraction of sp³-hybridized carbons (Fsp3) is 0.724. The third kappa shape index (κ3) is 6.30. The van der Waals surface area contributed by atoms with Gasteiger partial charge in [0.1, 0.15) is 11.9 Å². The molecule has 1 saturated heterocycles. The molecule has 208 valence electrons. The summed E-state index contributed by atoms with van der Waals surface area (Å²) in [5, 5.41) is 18.7. The Morgan fingerprint density at radius 1 is 1.13 bits per heavy atom. The number of carboxylic acids is 1. The minimum absolute atomic E-state index is 0.0762. The second-order valence-electron chi connectivity index (χ2n) is 12.0. The number of likely N-dealkylation sites (tertiary alicyclic amines) is 1. The summed E-state index contributed by atoms with van der Waals surface area (Å²) in [5.74, 6) is 0.235. The van der Waals surface area contributed by atoms with Crippen LogP contribution < -0.4 is 16.0 Å². The Hall–Kier alpha value is -2.68. The van der Waals surface area contributed by atoms with Gasteiger partial charge in [0.15, 0.2) is 0 Å². The lowest BCUT2D eigenvalue weighted by Gasteiger charge is -2.45. The number of carboxylic acid groups (broad SMARTS) is 1. The Bertz CT molecular complexity index is 1010. The average Bonchev–Trinajstić information content (AvgIpc) is 2.96. The second kappa shape index (κ2) is 12.0. The van der Waals surface area contributed by atoms with Crippen molar-refractivity contribution in [3.05, 3.63) is 23.4 Å². The van der Waals surface area contributed by atoms with Crippen LogP contribution in [0.25, 0.3) is 0 Å². The van der Waals surface area contributed by atoms with Crippen LogP contribution in [-0.4, -0.2) is 71.5 Å². The maximum Gasteiger partial charge on any atom is 0.328 e. The molecule has 1 unspecified atom stereocenters. The lowest BCUT2D eigenvalue weighted by atomic mass is 9.60. The first kappa shape index (κ1) is 26.9. The molecule has 4 fully saturated rings. The first-order valence-corrected chi connectivity index (χ1v) is 14.7. The van der Waals surface area contributed by atoms with Crippen molar-refractivity contribution in [1.82, 2.24) is 20.5 Å². The number of hydrogen-bond donors (Lipinski definition) is 4. The van der Waals surface area contributed by atoms with Crippen molar-refractivity contribution in [3.63, 3.8) is 0 Å². The van der Waals surface area contributed by atoms with Gasteiger partial charge in [0.25, 0.3) is 0 Å². The topological polar surface area (TPSA) is 124 Å². The molecule has 9 nitrogen and oxygen atoms in total. The van der Waals surface area contributed by atoms with Gasteiger partial charge in [-0.1, -0.05) is 6.07 Å². The van der Waals surface area contributed by atoms with Crippen LogP contribution >= 0.6 is 0 Å².